The summed E-state index contributed by atoms with van der Waals surface area (Å²) in [5.74, 6) is -3.02. The zero-order valence-electron chi connectivity index (χ0n) is 18.9. The van der Waals surface area contributed by atoms with Crippen molar-refractivity contribution in [2.24, 2.45) is 0 Å². The Morgan fingerprint density at radius 1 is 1.08 bits per heavy atom. The summed E-state index contributed by atoms with van der Waals surface area (Å²) in [6.45, 7) is 1.63. The summed E-state index contributed by atoms with van der Waals surface area (Å²) in [6.07, 6.45) is 1.83. The number of H-pyrrole nitrogens is 1. The maximum absolute atomic E-state index is 13.3. The molecule has 9 nitrogen and oxygen atoms in total. The minimum atomic E-state index is -1.23. The van der Waals surface area contributed by atoms with Gasteiger partial charge in [-0.05, 0) is 70.2 Å². The third-order valence-corrected chi connectivity index (χ3v) is 6.93. The van der Waals surface area contributed by atoms with Crippen molar-refractivity contribution in [3.63, 3.8) is 0 Å². The van der Waals surface area contributed by atoms with E-state index >= 15 is 0 Å². The number of carbonyl (C=O) groups is 4. The summed E-state index contributed by atoms with van der Waals surface area (Å²) >= 11 is 4.44. The molecule has 2 heterocycles. The number of benzene rings is 2. The molecule has 0 unspecified atom stereocenters. The number of aromatic nitrogens is 1. The molecule has 0 radical (unpaired) electrons. The van der Waals surface area contributed by atoms with Crippen LogP contribution >= 0.6 is 27.3 Å². The smallest absolute Gasteiger partial charge is 0.322 e. The molecule has 4 aromatic rings. The van der Waals surface area contributed by atoms with Gasteiger partial charge >= 0.3 is 5.97 Å². The highest BCUT2D eigenvalue weighted by Gasteiger charge is 2.29. The van der Waals surface area contributed by atoms with Gasteiger partial charge in [-0.25, -0.2) is 10.4 Å². The number of carbonyl (C=O) groups excluding carboxylic acids is 3. The number of nitrogens with zero attached hydrogens (tertiary/aromatic N) is 1. The number of carboxylic acids is 1. The fourth-order valence-electron chi connectivity index (χ4n) is 3.50. The second-order valence-electron chi connectivity index (χ2n) is 7.85. The van der Waals surface area contributed by atoms with Gasteiger partial charge in [0.15, 0.2) is 0 Å². The molecule has 0 saturated carbocycles. The summed E-state index contributed by atoms with van der Waals surface area (Å²) in [5, 5.41) is 15.5. The van der Waals surface area contributed by atoms with Crippen LogP contribution in [-0.4, -0.2) is 44.8 Å². The number of hydrogen-bond donors (Lipinski definition) is 4. The van der Waals surface area contributed by atoms with Gasteiger partial charge in [-0.3, -0.25) is 19.2 Å². The predicted molar refractivity (Wildman–Crippen MR) is 139 cm³/mol. The minimum Gasteiger partial charge on any atom is -0.480 e. The summed E-state index contributed by atoms with van der Waals surface area (Å²) in [5.41, 5.74) is 4.77. The van der Waals surface area contributed by atoms with Gasteiger partial charge in [-0.2, -0.15) is 0 Å². The monoisotopic (exact) mass is 568 g/mol. The number of nitrogens with one attached hydrogen (secondary N) is 3. The maximum atomic E-state index is 13.3. The molecule has 36 heavy (non-hydrogen) atoms. The van der Waals surface area contributed by atoms with Crippen LogP contribution < -0.4 is 10.7 Å². The number of aromatic amines is 1. The van der Waals surface area contributed by atoms with E-state index in [1.54, 1.807) is 11.4 Å². The van der Waals surface area contributed by atoms with Crippen molar-refractivity contribution in [2.45, 2.75) is 19.5 Å². The molecule has 0 spiro atoms. The second-order valence-corrected chi connectivity index (χ2v) is 9.65. The lowest BCUT2D eigenvalue weighted by molar-refractivity contribution is -0.139. The molecule has 4 rings (SSSR count). The lowest BCUT2D eigenvalue weighted by atomic mass is 10.1. The van der Waals surface area contributed by atoms with Crippen molar-refractivity contribution < 1.29 is 24.3 Å². The molecule has 0 saturated heterocycles. The van der Waals surface area contributed by atoms with Crippen LogP contribution in [0.15, 0.2) is 70.6 Å². The van der Waals surface area contributed by atoms with Gasteiger partial charge in [0.05, 0.1) is 10.4 Å². The topological polar surface area (TPSA) is 132 Å². The molecule has 184 valence electrons. The summed E-state index contributed by atoms with van der Waals surface area (Å²) < 4.78 is 0.279. The molecule has 4 N–H and O–H groups in total. The van der Waals surface area contributed by atoms with Gasteiger partial charge < -0.3 is 15.4 Å². The predicted octanol–water partition coefficient (Wildman–Crippen LogP) is 4.18. The van der Waals surface area contributed by atoms with Crippen LogP contribution in [0.5, 0.6) is 0 Å². The average Bonchev–Trinajstić information content (AvgIpc) is 3.57. The largest absolute Gasteiger partial charge is 0.480 e. The van der Waals surface area contributed by atoms with Gasteiger partial charge in [-0.1, -0.05) is 18.2 Å². The molecule has 2 aromatic heterocycles. The van der Waals surface area contributed by atoms with Crippen LogP contribution in [0.1, 0.15) is 42.9 Å². The Morgan fingerprint density at radius 2 is 1.89 bits per heavy atom. The molecule has 0 bridgehead atoms. The van der Waals surface area contributed by atoms with Crippen LogP contribution in [0.3, 0.4) is 0 Å². The molecule has 11 heteroatoms. The normalized spacial score (nSPS) is 11.7. The average molecular weight is 569 g/mol. The maximum Gasteiger partial charge on any atom is 0.322 e. The number of hydrazine groups is 1. The highest BCUT2D eigenvalue weighted by molar-refractivity contribution is 9.10. The highest BCUT2D eigenvalue weighted by atomic mass is 79.9. The first kappa shape index (κ1) is 25.3. The van der Waals surface area contributed by atoms with Crippen LogP contribution in [0.25, 0.3) is 10.9 Å². The van der Waals surface area contributed by atoms with E-state index in [1.807, 2.05) is 30.5 Å². The number of imide groups is 1. The number of fused-ring (bicyclic) bond motifs is 1. The zero-order chi connectivity index (χ0) is 25.8. The first-order valence-corrected chi connectivity index (χ1v) is 12.5. The number of rotatable bonds is 8. The van der Waals surface area contributed by atoms with Gasteiger partial charge in [0.25, 0.3) is 17.7 Å². The fraction of sp³-hybridized carbons (Fsp3) is 0.120. The van der Waals surface area contributed by atoms with Crippen LogP contribution in [0, 0.1) is 0 Å². The number of thiophene rings is 1. The van der Waals surface area contributed by atoms with Gasteiger partial charge in [0.2, 0.25) is 0 Å². The van der Waals surface area contributed by atoms with Gasteiger partial charge in [0, 0.05) is 33.7 Å². The quantitative estimate of drug-likeness (QED) is 0.186. The van der Waals surface area contributed by atoms with Crippen molar-refractivity contribution in [1.29, 1.82) is 0 Å². The highest BCUT2D eigenvalue weighted by Crippen LogP contribution is 2.23. The molecular weight excluding hydrogens is 548 g/mol. The van der Waals surface area contributed by atoms with Crippen molar-refractivity contribution in [3.05, 3.63) is 92.2 Å². The molecular formula is C25H21BrN4O5S. The minimum absolute atomic E-state index is 0.0821. The number of carboxylic acid groups (broad SMARTS) is 1. The van der Waals surface area contributed by atoms with Crippen LogP contribution in [0.4, 0.5) is 0 Å². The Balaban J connectivity index is 1.52. The van der Waals surface area contributed by atoms with Crippen LogP contribution in [-0.2, 0) is 11.3 Å². The van der Waals surface area contributed by atoms with E-state index in [-0.39, 0.29) is 20.8 Å². The Hall–Kier alpha value is -3.80. The third-order valence-electron chi connectivity index (χ3n) is 5.42. The summed E-state index contributed by atoms with van der Waals surface area (Å²) in [7, 11) is 0. The van der Waals surface area contributed by atoms with E-state index in [4.69, 9.17) is 0 Å². The van der Waals surface area contributed by atoms with Crippen molar-refractivity contribution in [2.75, 3.05) is 0 Å². The van der Waals surface area contributed by atoms with Gasteiger partial charge in [0.1, 0.15) is 6.04 Å². The van der Waals surface area contributed by atoms with Crippen molar-refractivity contribution in [3.8, 4) is 0 Å². The summed E-state index contributed by atoms with van der Waals surface area (Å²) in [4.78, 5) is 53.7. The van der Waals surface area contributed by atoms with E-state index in [0.29, 0.717) is 17.1 Å². The van der Waals surface area contributed by atoms with E-state index in [0.717, 1.165) is 27.8 Å². The van der Waals surface area contributed by atoms with E-state index in [2.05, 4.69) is 31.7 Å². The lowest BCUT2D eigenvalue weighted by Gasteiger charge is -2.24. The zero-order valence-corrected chi connectivity index (χ0v) is 21.4. The molecule has 0 fully saturated rings. The first-order chi connectivity index (χ1) is 17.3. The molecule has 0 aliphatic carbocycles. The molecule has 3 amide bonds. The Kier molecular flexibility index (Phi) is 7.63. The number of amides is 3. The summed E-state index contributed by atoms with van der Waals surface area (Å²) in [6, 6.07) is 14.1. The molecule has 2 aromatic carbocycles. The van der Waals surface area contributed by atoms with Crippen molar-refractivity contribution in [1.82, 2.24) is 20.7 Å². The van der Waals surface area contributed by atoms with Crippen molar-refractivity contribution >= 4 is 61.9 Å². The standard InChI is InChI=1S/C25H21BrN4O5S/c1-14(25(34)35)29-30(24(33)21-6-3-11-36-21)23(32)18-8-7-15(12-19(18)26)22(31)28-13-16-4-2-5-20-17(16)9-10-27-20/h2-12,14,27,29H,13H2,1H3,(H,28,31)(H,34,35)/t14-/m0/s1. The lowest BCUT2D eigenvalue weighted by Crippen LogP contribution is -2.52. The molecule has 1 atom stereocenters. The third kappa shape index (κ3) is 5.38. The SMILES string of the molecule is C[C@H](NN(C(=O)c1cccs1)C(=O)c1ccc(C(=O)NCc2cccc3[nH]ccc23)cc1Br)C(=O)O. The molecule has 0 aliphatic heterocycles. The number of hydrogen-bond acceptors (Lipinski definition) is 6. The Morgan fingerprint density at radius 3 is 2.58 bits per heavy atom. The Labute approximate surface area is 218 Å². The molecule has 0 aliphatic rings. The Bertz CT molecular complexity index is 1450. The van der Waals surface area contributed by atoms with Gasteiger partial charge in [-0.15, -0.1) is 11.3 Å². The van der Waals surface area contributed by atoms with E-state index < -0.39 is 23.8 Å². The van der Waals surface area contributed by atoms with E-state index in [9.17, 15) is 24.3 Å². The number of halogens is 1. The van der Waals surface area contributed by atoms with E-state index in [1.165, 1.54) is 31.2 Å². The first-order valence-electron chi connectivity index (χ1n) is 10.8. The number of aliphatic carboxylic acids is 1. The fourth-order valence-corrected chi connectivity index (χ4v) is 4.70. The van der Waals surface area contributed by atoms with Crippen LogP contribution in [0.2, 0.25) is 0 Å². The second kappa shape index (κ2) is 10.9.